The summed E-state index contributed by atoms with van der Waals surface area (Å²) in [6.45, 7) is 0.362. The van der Waals surface area contributed by atoms with E-state index in [-0.39, 0.29) is 17.5 Å². The molecule has 0 saturated heterocycles. The van der Waals surface area contributed by atoms with Crippen LogP contribution in [0.2, 0.25) is 5.02 Å². The van der Waals surface area contributed by atoms with Crippen LogP contribution in [0.1, 0.15) is 5.56 Å². The quantitative estimate of drug-likeness (QED) is 0.371. The number of halogens is 2. The largest absolute Gasteiger partial charge is 0.351 e. The maximum absolute atomic E-state index is 13.2. The molecule has 1 amide bonds. The minimum absolute atomic E-state index is 0.132. The van der Waals surface area contributed by atoms with Crippen LogP contribution in [0.5, 0.6) is 0 Å². The van der Waals surface area contributed by atoms with Crippen molar-refractivity contribution in [3.05, 3.63) is 77.5 Å². The fourth-order valence-corrected chi connectivity index (χ4v) is 3.72. The molecular weight excluding hydrogens is 413 g/mol. The minimum Gasteiger partial charge on any atom is -0.351 e. The number of carbonyl (C=O) groups excluding carboxylic acids is 1. The summed E-state index contributed by atoms with van der Waals surface area (Å²) >= 11 is 7.40. The van der Waals surface area contributed by atoms with E-state index in [0.29, 0.717) is 27.9 Å². The van der Waals surface area contributed by atoms with Gasteiger partial charge in [-0.3, -0.25) is 4.79 Å². The maximum Gasteiger partial charge on any atom is 0.230 e. The highest BCUT2D eigenvalue weighted by atomic mass is 35.5. The number of nitrogens with zero attached hydrogens (tertiary/aromatic N) is 4. The molecule has 1 N–H and O–H groups in total. The third-order valence-corrected chi connectivity index (χ3v) is 5.55. The summed E-state index contributed by atoms with van der Waals surface area (Å²) in [6, 6.07) is 13.3. The fourth-order valence-electron chi connectivity index (χ4n) is 2.73. The van der Waals surface area contributed by atoms with Gasteiger partial charge in [0.05, 0.1) is 23.0 Å². The molecule has 0 bridgehead atoms. The Hall–Kier alpha value is -2.97. The van der Waals surface area contributed by atoms with Crippen LogP contribution in [-0.2, 0) is 11.3 Å². The highest BCUT2D eigenvalue weighted by Crippen LogP contribution is 2.25. The van der Waals surface area contributed by atoms with Crippen molar-refractivity contribution in [2.45, 2.75) is 11.6 Å². The number of amides is 1. The smallest absolute Gasteiger partial charge is 0.230 e. The lowest BCUT2D eigenvalue weighted by Gasteiger charge is -2.07. The Morgan fingerprint density at radius 3 is 2.72 bits per heavy atom. The van der Waals surface area contributed by atoms with Gasteiger partial charge in [-0.05, 0) is 35.9 Å². The molecule has 2 aromatic heterocycles. The Morgan fingerprint density at radius 1 is 1.14 bits per heavy atom. The van der Waals surface area contributed by atoms with Crippen LogP contribution < -0.4 is 5.32 Å². The molecule has 146 valence electrons. The molecule has 0 aliphatic heterocycles. The van der Waals surface area contributed by atoms with E-state index < -0.39 is 0 Å². The van der Waals surface area contributed by atoms with E-state index >= 15 is 0 Å². The van der Waals surface area contributed by atoms with Crippen molar-refractivity contribution in [2.75, 3.05) is 5.75 Å². The molecule has 2 heterocycles. The van der Waals surface area contributed by atoms with Gasteiger partial charge in [-0.2, -0.15) is 5.10 Å². The predicted molar refractivity (Wildman–Crippen MR) is 111 cm³/mol. The second kappa shape index (κ2) is 8.59. The summed E-state index contributed by atoms with van der Waals surface area (Å²) in [5.74, 6) is -0.260. The summed E-state index contributed by atoms with van der Waals surface area (Å²) in [4.78, 5) is 20.8. The highest BCUT2D eigenvalue weighted by molar-refractivity contribution is 8.00. The van der Waals surface area contributed by atoms with Crippen molar-refractivity contribution < 1.29 is 9.18 Å². The number of hydrogen-bond donors (Lipinski definition) is 1. The number of hydrogen-bond acceptors (Lipinski definition) is 5. The molecule has 4 rings (SSSR count). The zero-order chi connectivity index (χ0) is 20.2. The number of aromatic nitrogens is 4. The Balaban J connectivity index is 1.45. The first-order chi connectivity index (χ1) is 14.1. The fraction of sp³-hybridized carbons (Fsp3) is 0.100. The molecule has 29 heavy (non-hydrogen) atoms. The second-order valence-corrected chi connectivity index (χ2v) is 7.48. The van der Waals surface area contributed by atoms with Gasteiger partial charge in [0.1, 0.15) is 17.2 Å². The molecule has 0 atom stereocenters. The topological polar surface area (TPSA) is 72.7 Å². The molecule has 9 heteroatoms. The molecule has 0 aliphatic carbocycles. The molecule has 4 aromatic rings. The average molecular weight is 428 g/mol. The van der Waals surface area contributed by atoms with E-state index in [2.05, 4.69) is 20.4 Å². The van der Waals surface area contributed by atoms with Crippen molar-refractivity contribution in [2.24, 2.45) is 0 Å². The van der Waals surface area contributed by atoms with Gasteiger partial charge in [-0.25, -0.2) is 19.0 Å². The molecule has 6 nitrogen and oxygen atoms in total. The first kappa shape index (κ1) is 19.4. The SMILES string of the molecule is O=C(CSc1ncnc2c1cnn2-c1ccc(F)cc1)NCc1ccccc1Cl. The number of carbonyl (C=O) groups is 1. The molecule has 2 aromatic carbocycles. The first-order valence-electron chi connectivity index (χ1n) is 8.69. The summed E-state index contributed by atoms with van der Waals surface area (Å²) in [5, 5.41) is 9.17. The maximum atomic E-state index is 13.2. The minimum atomic E-state index is -0.320. The van der Waals surface area contributed by atoms with Crippen molar-refractivity contribution in [3.63, 3.8) is 0 Å². The number of benzene rings is 2. The lowest BCUT2D eigenvalue weighted by molar-refractivity contribution is -0.118. The van der Waals surface area contributed by atoms with Gasteiger partial charge in [0.15, 0.2) is 5.65 Å². The Bertz CT molecular complexity index is 1170. The van der Waals surface area contributed by atoms with Gasteiger partial charge < -0.3 is 5.32 Å². The Morgan fingerprint density at radius 2 is 1.93 bits per heavy atom. The summed E-state index contributed by atoms with van der Waals surface area (Å²) in [5.41, 5.74) is 2.14. The normalized spacial score (nSPS) is 11.0. The molecular formula is C20H15ClFN5OS. The van der Waals surface area contributed by atoms with Crippen LogP contribution >= 0.6 is 23.4 Å². The van der Waals surface area contributed by atoms with Gasteiger partial charge >= 0.3 is 0 Å². The van der Waals surface area contributed by atoms with Crippen LogP contribution in [-0.4, -0.2) is 31.4 Å². The van der Waals surface area contributed by atoms with Crippen LogP contribution in [0.15, 0.2) is 66.1 Å². The average Bonchev–Trinajstić information content (AvgIpc) is 3.17. The van der Waals surface area contributed by atoms with Gasteiger partial charge in [0, 0.05) is 11.6 Å². The lowest BCUT2D eigenvalue weighted by Crippen LogP contribution is -2.24. The number of fused-ring (bicyclic) bond motifs is 1. The van der Waals surface area contributed by atoms with Gasteiger partial charge in [-0.1, -0.05) is 41.6 Å². The van der Waals surface area contributed by atoms with E-state index in [4.69, 9.17) is 11.6 Å². The summed E-state index contributed by atoms with van der Waals surface area (Å²) < 4.78 is 14.8. The van der Waals surface area contributed by atoms with Crippen LogP contribution in [0, 0.1) is 5.82 Å². The van der Waals surface area contributed by atoms with E-state index in [1.807, 2.05) is 18.2 Å². The molecule has 0 fully saturated rings. The van der Waals surface area contributed by atoms with E-state index in [1.165, 1.54) is 30.2 Å². The monoisotopic (exact) mass is 427 g/mol. The van der Waals surface area contributed by atoms with E-state index in [9.17, 15) is 9.18 Å². The number of nitrogens with one attached hydrogen (secondary N) is 1. The van der Waals surface area contributed by atoms with Crippen molar-refractivity contribution >= 4 is 40.3 Å². The number of thioether (sulfide) groups is 1. The van der Waals surface area contributed by atoms with Crippen LogP contribution in [0.3, 0.4) is 0 Å². The van der Waals surface area contributed by atoms with Crippen molar-refractivity contribution in [1.29, 1.82) is 0 Å². The standard InChI is InChI=1S/C20H15ClFN5OS/c21-17-4-2-1-3-13(17)9-23-18(28)11-29-20-16-10-26-27(19(16)24-12-25-20)15-7-5-14(22)6-8-15/h1-8,10,12H,9,11H2,(H,23,28). The zero-order valence-electron chi connectivity index (χ0n) is 15.0. The first-order valence-corrected chi connectivity index (χ1v) is 10.1. The molecule has 0 spiro atoms. The third-order valence-electron chi connectivity index (χ3n) is 4.17. The Kier molecular flexibility index (Phi) is 5.73. The summed E-state index contributed by atoms with van der Waals surface area (Å²) in [7, 11) is 0. The van der Waals surface area contributed by atoms with Gasteiger partial charge in [0.2, 0.25) is 5.91 Å². The highest BCUT2D eigenvalue weighted by Gasteiger charge is 2.13. The molecule has 0 aliphatic rings. The van der Waals surface area contributed by atoms with E-state index in [1.54, 1.807) is 29.1 Å². The zero-order valence-corrected chi connectivity index (χ0v) is 16.6. The van der Waals surface area contributed by atoms with Gasteiger partial charge in [0.25, 0.3) is 0 Å². The van der Waals surface area contributed by atoms with E-state index in [0.717, 1.165) is 10.9 Å². The predicted octanol–water partition coefficient (Wildman–Crippen LogP) is 4.02. The van der Waals surface area contributed by atoms with Crippen LogP contribution in [0.25, 0.3) is 16.7 Å². The van der Waals surface area contributed by atoms with Crippen molar-refractivity contribution in [1.82, 2.24) is 25.1 Å². The summed E-state index contributed by atoms with van der Waals surface area (Å²) in [6.07, 6.45) is 3.07. The lowest BCUT2D eigenvalue weighted by atomic mass is 10.2. The second-order valence-electron chi connectivity index (χ2n) is 6.11. The molecule has 0 unspecified atom stereocenters. The molecule has 0 radical (unpaired) electrons. The number of rotatable bonds is 6. The molecule has 0 saturated carbocycles. The third kappa shape index (κ3) is 4.38. The van der Waals surface area contributed by atoms with Crippen LogP contribution in [0.4, 0.5) is 4.39 Å². The Labute approximate surface area is 175 Å². The van der Waals surface area contributed by atoms with Crippen molar-refractivity contribution in [3.8, 4) is 5.69 Å². The van der Waals surface area contributed by atoms with Gasteiger partial charge in [-0.15, -0.1) is 0 Å².